The zero-order valence-electron chi connectivity index (χ0n) is 9.44. The van der Waals surface area contributed by atoms with E-state index in [9.17, 15) is 4.79 Å². The molecule has 86 valence electrons. The topological polar surface area (TPSA) is 35.5 Å². The average Bonchev–Trinajstić information content (AvgIpc) is 2.30. The molecule has 0 unspecified atom stereocenters. The number of hydrogen-bond acceptors (Lipinski definition) is 3. The minimum absolute atomic E-state index is 0.121. The molecule has 0 spiro atoms. The molecule has 0 aliphatic carbocycles. The van der Waals surface area contributed by atoms with Gasteiger partial charge in [0, 0.05) is 5.92 Å². The third kappa shape index (κ3) is 2.35. The maximum atomic E-state index is 11.5. The van der Waals surface area contributed by atoms with Crippen molar-refractivity contribution >= 4 is 5.97 Å². The Morgan fingerprint density at radius 1 is 1.50 bits per heavy atom. The van der Waals surface area contributed by atoms with Crippen LogP contribution in [0.4, 0.5) is 0 Å². The van der Waals surface area contributed by atoms with E-state index >= 15 is 0 Å². The van der Waals surface area contributed by atoms with Gasteiger partial charge in [-0.1, -0.05) is 18.2 Å². The van der Waals surface area contributed by atoms with Gasteiger partial charge in [-0.2, -0.15) is 0 Å². The number of fused-ring (bicyclic) bond motifs is 1. The van der Waals surface area contributed by atoms with Gasteiger partial charge in [0.1, 0.15) is 5.75 Å². The fourth-order valence-corrected chi connectivity index (χ4v) is 2.05. The van der Waals surface area contributed by atoms with Crippen molar-refractivity contribution in [3.8, 4) is 5.75 Å². The summed E-state index contributed by atoms with van der Waals surface area (Å²) in [6, 6.07) is 7.91. The molecule has 1 aliphatic heterocycles. The summed E-state index contributed by atoms with van der Waals surface area (Å²) in [5.41, 5.74) is 1.13. The summed E-state index contributed by atoms with van der Waals surface area (Å²) in [5.74, 6) is 1.02. The van der Waals surface area contributed by atoms with E-state index in [1.165, 1.54) is 0 Å². The Balaban J connectivity index is 2.10. The number of benzene rings is 1. The molecule has 1 atom stereocenters. The third-order valence-corrected chi connectivity index (χ3v) is 2.80. The minimum Gasteiger partial charge on any atom is -0.493 e. The molecule has 0 radical (unpaired) electrons. The highest BCUT2D eigenvalue weighted by Crippen LogP contribution is 2.35. The molecule has 0 amide bonds. The highest BCUT2D eigenvalue weighted by molar-refractivity contribution is 5.70. The summed E-state index contributed by atoms with van der Waals surface area (Å²) in [6.45, 7) is 2.96. The van der Waals surface area contributed by atoms with E-state index in [0.717, 1.165) is 17.7 Å². The summed E-state index contributed by atoms with van der Waals surface area (Å²) in [7, 11) is 0. The largest absolute Gasteiger partial charge is 0.493 e. The zero-order valence-corrected chi connectivity index (χ0v) is 9.44. The zero-order chi connectivity index (χ0) is 11.4. The fraction of sp³-hybridized carbons (Fsp3) is 0.462. The summed E-state index contributed by atoms with van der Waals surface area (Å²) >= 11 is 0. The number of hydrogen-bond donors (Lipinski definition) is 0. The summed E-state index contributed by atoms with van der Waals surface area (Å²) in [5, 5.41) is 0. The summed E-state index contributed by atoms with van der Waals surface area (Å²) in [4.78, 5) is 11.5. The first-order chi connectivity index (χ1) is 7.81. The molecule has 2 rings (SSSR count). The molecule has 0 aromatic heterocycles. The van der Waals surface area contributed by atoms with Crippen LogP contribution in [0, 0.1) is 0 Å². The normalized spacial score (nSPS) is 18.4. The first-order valence-electron chi connectivity index (χ1n) is 5.68. The third-order valence-electron chi connectivity index (χ3n) is 2.80. The van der Waals surface area contributed by atoms with Gasteiger partial charge in [0.05, 0.1) is 19.6 Å². The van der Waals surface area contributed by atoms with Crippen LogP contribution in [0.1, 0.15) is 31.2 Å². The van der Waals surface area contributed by atoms with E-state index in [1.54, 1.807) is 0 Å². The van der Waals surface area contributed by atoms with Crippen LogP contribution in [-0.4, -0.2) is 19.2 Å². The fourth-order valence-electron chi connectivity index (χ4n) is 2.05. The second kappa shape index (κ2) is 5.01. The highest BCUT2D eigenvalue weighted by atomic mass is 16.5. The lowest BCUT2D eigenvalue weighted by atomic mass is 9.90. The molecule has 0 N–H and O–H groups in total. The van der Waals surface area contributed by atoms with Crippen molar-refractivity contribution in [2.45, 2.75) is 25.7 Å². The quantitative estimate of drug-likeness (QED) is 0.734. The van der Waals surface area contributed by atoms with E-state index in [0.29, 0.717) is 19.6 Å². The number of para-hydroxylation sites is 1. The molecule has 0 fully saturated rings. The average molecular weight is 220 g/mol. The molecule has 1 aromatic rings. The summed E-state index contributed by atoms with van der Waals surface area (Å²) in [6.07, 6.45) is 1.34. The monoisotopic (exact) mass is 220 g/mol. The first kappa shape index (κ1) is 11.0. The van der Waals surface area contributed by atoms with Crippen LogP contribution in [0.25, 0.3) is 0 Å². The molecule has 3 heteroatoms. The minimum atomic E-state index is -0.121. The van der Waals surface area contributed by atoms with Crippen molar-refractivity contribution in [2.75, 3.05) is 13.2 Å². The maximum Gasteiger partial charge on any atom is 0.306 e. The number of rotatable bonds is 3. The van der Waals surface area contributed by atoms with Gasteiger partial charge >= 0.3 is 5.97 Å². The second-order valence-corrected chi connectivity index (χ2v) is 3.88. The number of carbonyl (C=O) groups excluding carboxylic acids is 1. The molecule has 0 saturated carbocycles. The Morgan fingerprint density at radius 3 is 3.12 bits per heavy atom. The predicted octanol–water partition coefficient (Wildman–Crippen LogP) is 2.51. The van der Waals surface area contributed by atoms with Crippen LogP contribution in [0.2, 0.25) is 0 Å². The van der Waals surface area contributed by atoms with Gasteiger partial charge in [-0.25, -0.2) is 0 Å². The van der Waals surface area contributed by atoms with Crippen LogP contribution in [0.5, 0.6) is 5.75 Å². The van der Waals surface area contributed by atoms with E-state index in [-0.39, 0.29) is 11.9 Å². The molecular formula is C13H16O3. The van der Waals surface area contributed by atoms with Gasteiger partial charge in [0.2, 0.25) is 0 Å². The predicted molar refractivity (Wildman–Crippen MR) is 60.5 cm³/mol. The Hall–Kier alpha value is -1.51. The van der Waals surface area contributed by atoms with E-state index in [2.05, 4.69) is 0 Å². The molecule has 1 aromatic carbocycles. The molecule has 0 saturated heterocycles. The van der Waals surface area contributed by atoms with Crippen molar-refractivity contribution in [3.05, 3.63) is 29.8 Å². The van der Waals surface area contributed by atoms with Crippen molar-refractivity contribution in [2.24, 2.45) is 0 Å². The van der Waals surface area contributed by atoms with Gasteiger partial charge in [-0.05, 0) is 25.0 Å². The van der Waals surface area contributed by atoms with Gasteiger partial charge in [-0.15, -0.1) is 0 Å². The van der Waals surface area contributed by atoms with Crippen molar-refractivity contribution in [3.63, 3.8) is 0 Å². The van der Waals surface area contributed by atoms with Crippen LogP contribution >= 0.6 is 0 Å². The van der Waals surface area contributed by atoms with Crippen molar-refractivity contribution in [1.29, 1.82) is 0 Å². The van der Waals surface area contributed by atoms with E-state index in [1.807, 2.05) is 31.2 Å². The maximum absolute atomic E-state index is 11.5. The highest BCUT2D eigenvalue weighted by Gasteiger charge is 2.23. The summed E-state index contributed by atoms with van der Waals surface area (Å²) < 4.78 is 10.5. The smallest absolute Gasteiger partial charge is 0.306 e. The SMILES string of the molecule is CCOC(=O)C[C@@H]1CCOc2ccccc21. The van der Waals surface area contributed by atoms with Crippen molar-refractivity contribution < 1.29 is 14.3 Å². The first-order valence-corrected chi connectivity index (χ1v) is 5.68. The van der Waals surface area contributed by atoms with Crippen LogP contribution in [0.15, 0.2) is 24.3 Å². The molecule has 3 nitrogen and oxygen atoms in total. The molecule has 16 heavy (non-hydrogen) atoms. The lowest BCUT2D eigenvalue weighted by Gasteiger charge is -2.25. The second-order valence-electron chi connectivity index (χ2n) is 3.88. The van der Waals surface area contributed by atoms with Gasteiger partial charge in [0.25, 0.3) is 0 Å². The number of ether oxygens (including phenoxy) is 2. The Morgan fingerprint density at radius 2 is 2.31 bits per heavy atom. The van der Waals surface area contributed by atoms with Gasteiger partial charge in [0.15, 0.2) is 0 Å². The Kier molecular flexibility index (Phi) is 3.44. The number of carbonyl (C=O) groups is 1. The Labute approximate surface area is 95.4 Å². The van der Waals surface area contributed by atoms with Crippen LogP contribution in [0.3, 0.4) is 0 Å². The van der Waals surface area contributed by atoms with Gasteiger partial charge < -0.3 is 9.47 Å². The molecule has 0 bridgehead atoms. The van der Waals surface area contributed by atoms with Gasteiger partial charge in [-0.3, -0.25) is 4.79 Å². The lowest BCUT2D eigenvalue weighted by Crippen LogP contribution is -2.18. The van der Waals surface area contributed by atoms with E-state index < -0.39 is 0 Å². The molecular weight excluding hydrogens is 204 g/mol. The van der Waals surface area contributed by atoms with E-state index in [4.69, 9.17) is 9.47 Å². The standard InChI is InChI=1S/C13H16O3/c1-2-15-13(14)9-10-7-8-16-12-6-4-3-5-11(10)12/h3-6,10H,2,7-9H2,1H3/t10-/m0/s1. The Bertz CT molecular complexity index is 373. The van der Waals surface area contributed by atoms with Crippen LogP contribution < -0.4 is 4.74 Å². The van der Waals surface area contributed by atoms with Crippen LogP contribution in [-0.2, 0) is 9.53 Å². The lowest BCUT2D eigenvalue weighted by molar-refractivity contribution is -0.143. The molecule has 1 aliphatic rings. The van der Waals surface area contributed by atoms with Crippen molar-refractivity contribution in [1.82, 2.24) is 0 Å². The molecule has 1 heterocycles. The number of esters is 1.